The fraction of sp³-hybridized carbons (Fsp3) is 0.118. The first kappa shape index (κ1) is 17.0. The maximum atomic E-state index is 13.9. The number of hydrogen-bond donors (Lipinski definition) is 3. The van der Waals surface area contributed by atoms with Crippen molar-refractivity contribution in [2.75, 3.05) is 5.32 Å². The minimum Gasteiger partial charge on any atom is -0.352 e. The molecule has 2 aromatic rings. The lowest BCUT2D eigenvalue weighted by Crippen LogP contribution is -2.35. The van der Waals surface area contributed by atoms with Gasteiger partial charge in [-0.3, -0.25) is 4.79 Å². The largest absolute Gasteiger partial charge is 0.352 e. The molecular formula is C17H15FN4O2. The van der Waals surface area contributed by atoms with E-state index in [1.54, 1.807) is 24.3 Å². The van der Waals surface area contributed by atoms with Gasteiger partial charge in [0, 0.05) is 11.3 Å². The molecule has 0 aliphatic carbocycles. The van der Waals surface area contributed by atoms with Crippen LogP contribution in [0.5, 0.6) is 0 Å². The van der Waals surface area contributed by atoms with Gasteiger partial charge in [-0.2, -0.15) is 5.26 Å². The van der Waals surface area contributed by atoms with E-state index in [2.05, 4.69) is 10.6 Å². The number of carbonyl (C=O) groups excluding carboxylic acids is 2. The van der Waals surface area contributed by atoms with Gasteiger partial charge in [-0.25, -0.2) is 9.18 Å². The third-order valence-corrected chi connectivity index (χ3v) is 3.26. The van der Waals surface area contributed by atoms with Crippen molar-refractivity contribution in [1.29, 1.82) is 5.26 Å². The monoisotopic (exact) mass is 326 g/mol. The lowest BCUT2D eigenvalue weighted by Gasteiger charge is -2.18. The highest BCUT2D eigenvalue weighted by molar-refractivity contribution is 5.91. The van der Waals surface area contributed by atoms with Crippen molar-refractivity contribution in [2.45, 2.75) is 12.5 Å². The molecule has 7 heteroatoms. The second-order valence-electron chi connectivity index (χ2n) is 5.03. The Labute approximate surface area is 138 Å². The Morgan fingerprint density at radius 1 is 1.21 bits per heavy atom. The minimum atomic E-state index is -0.900. The van der Waals surface area contributed by atoms with Crippen LogP contribution in [-0.4, -0.2) is 11.9 Å². The topological polar surface area (TPSA) is 108 Å². The molecule has 0 radical (unpaired) electrons. The van der Waals surface area contributed by atoms with Crippen molar-refractivity contribution in [2.24, 2.45) is 5.73 Å². The van der Waals surface area contributed by atoms with E-state index in [0.717, 1.165) is 0 Å². The number of nitrogens with one attached hydrogen (secondary N) is 2. The van der Waals surface area contributed by atoms with E-state index in [1.165, 1.54) is 24.3 Å². The summed E-state index contributed by atoms with van der Waals surface area (Å²) >= 11 is 0. The Kier molecular flexibility index (Phi) is 5.47. The minimum absolute atomic E-state index is 0.164. The number of nitrogens with two attached hydrogens (primary N) is 1. The van der Waals surface area contributed by atoms with Crippen LogP contribution < -0.4 is 16.4 Å². The Morgan fingerprint density at radius 3 is 2.62 bits per heavy atom. The predicted octanol–water partition coefficient (Wildman–Crippen LogP) is 2.44. The first-order valence-electron chi connectivity index (χ1n) is 7.10. The molecule has 0 aliphatic heterocycles. The second kappa shape index (κ2) is 7.74. The van der Waals surface area contributed by atoms with Crippen LogP contribution in [0.1, 0.15) is 23.6 Å². The zero-order valence-electron chi connectivity index (χ0n) is 12.6. The number of primary amides is 1. The van der Waals surface area contributed by atoms with Crippen molar-refractivity contribution in [3.8, 4) is 6.07 Å². The summed E-state index contributed by atoms with van der Waals surface area (Å²) in [7, 11) is 0. The van der Waals surface area contributed by atoms with Crippen LogP contribution in [0.15, 0.2) is 48.5 Å². The van der Waals surface area contributed by atoms with Gasteiger partial charge in [-0.05, 0) is 24.3 Å². The predicted molar refractivity (Wildman–Crippen MR) is 86.3 cm³/mol. The molecule has 1 atom stereocenters. The van der Waals surface area contributed by atoms with E-state index in [1.807, 2.05) is 6.07 Å². The normalized spacial score (nSPS) is 11.2. The van der Waals surface area contributed by atoms with Gasteiger partial charge in [0.05, 0.1) is 24.1 Å². The van der Waals surface area contributed by atoms with Crippen molar-refractivity contribution in [3.05, 3.63) is 65.5 Å². The molecule has 24 heavy (non-hydrogen) atoms. The summed E-state index contributed by atoms with van der Waals surface area (Å²) in [6, 6.07) is 12.4. The number of anilines is 1. The van der Waals surface area contributed by atoms with Crippen molar-refractivity contribution < 1.29 is 14.0 Å². The fourth-order valence-corrected chi connectivity index (χ4v) is 2.23. The van der Waals surface area contributed by atoms with E-state index in [-0.39, 0.29) is 12.0 Å². The molecule has 0 aromatic heterocycles. The van der Waals surface area contributed by atoms with Crippen molar-refractivity contribution >= 4 is 17.6 Å². The summed E-state index contributed by atoms with van der Waals surface area (Å²) in [6.45, 7) is 0. The molecule has 0 aliphatic rings. The van der Waals surface area contributed by atoms with Gasteiger partial charge in [0.1, 0.15) is 5.82 Å². The zero-order chi connectivity index (χ0) is 17.5. The molecule has 0 spiro atoms. The fourth-order valence-electron chi connectivity index (χ4n) is 2.23. The number of benzene rings is 2. The number of hydrogen-bond acceptors (Lipinski definition) is 3. The molecule has 2 rings (SSSR count). The van der Waals surface area contributed by atoms with Gasteiger partial charge in [0.25, 0.3) is 0 Å². The molecule has 0 saturated carbocycles. The highest BCUT2D eigenvalue weighted by Crippen LogP contribution is 2.21. The van der Waals surface area contributed by atoms with Crippen LogP contribution >= 0.6 is 0 Å². The Hall–Kier alpha value is -3.40. The molecule has 6 nitrogen and oxygen atoms in total. The van der Waals surface area contributed by atoms with Crippen LogP contribution in [0.4, 0.5) is 14.9 Å². The highest BCUT2D eigenvalue weighted by Gasteiger charge is 2.20. The number of carbonyl (C=O) groups is 2. The van der Waals surface area contributed by atoms with Gasteiger partial charge in [-0.15, -0.1) is 0 Å². The SMILES string of the molecule is N#Cc1cccc(NC(=O)C[C@@H](NC(N)=O)c2ccccc2F)c1. The molecule has 4 N–H and O–H groups in total. The van der Waals surface area contributed by atoms with Crippen LogP contribution in [0.3, 0.4) is 0 Å². The summed E-state index contributed by atoms with van der Waals surface area (Å²) in [5, 5.41) is 13.8. The number of urea groups is 1. The molecule has 122 valence electrons. The van der Waals surface area contributed by atoms with Gasteiger partial charge in [0.15, 0.2) is 0 Å². The van der Waals surface area contributed by atoms with Gasteiger partial charge in [0.2, 0.25) is 5.91 Å². The summed E-state index contributed by atoms with van der Waals surface area (Å²) in [5.41, 5.74) is 6.10. The van der Waals surface area contributed by atoms with E-state index < -0.39 is 23.8 Å². The Balaban J connectivity index is 2.14. The number of amides is 3. The molecule has 0 fully saturated rings. The van der Waals surface area contributed by atoms with E-state index in [9.17, 15) is 14.0 Å². The summed E-state index contributed by atoms with van der Waals surface area (Å²) in [5.74, 6) is -0.998. The van der Waals surface area contributed by atoms with E-state index in [4.69, 9.17) is 11.0 Å². The maximum absolute atomic E-state index is 13.9. The Morgan fingerprint density at radius 2 is 1.96 bits per heavy atom. The smallest absolute Gasteiger partial charge is 0.312 e. The van der Waals surface area contributed by atoms with Crippen molar-refractivity contribution in [1.82, 2.24) is 5.32 Å². The lowest BCUT2D eigenvalue weighted by atomic mass is 10.0. The highest BCUT2D eigenvalue weighted by atomic mass is 19.1. The van der Waals surface area contributed by atoms with Gasteiger partial charge >= 0.3 is 6.03 Å². The number of halogens is 1. The van der Waals surface area contributed by atoms with Crippen LogP contribution in [0.25, 0.3) is 0 Å². The first-order valence-corrected chi connectivity index (χ1v) is 7.10. The summed E-state index contributed by atoms with van der Waals surface area (Å²) < 4.78 is 13.9. The van der Waals surface area contributed by atoms with Crippen LogP contribution in [0, 0.1) is 17.1 Å². The summed E-state index contributed by atoms with van der Waals surface area (Å²) in [4.78, 5) is 23.3. The molecule has 0 bridgehead atoms. The Bertz CT molecular complexity index is 801. The van der Waals surface area contributed by atoms with Gasteiger partial charge < -0.3 is 16.4 Å². The lowest BCUT2D eigenvalue weighted by molar-refractivity contribution is -0.116. The average molecular weight is 326 g/mol. The van der Waals surface area contributed by atoms with E-state index in [0.29, 0.717) is 11.3 Å². The molecule has 3 amide bonds. The zero-order valence-corrected chi connectivity index (χ0v) is 12.6. The number of nitriles is 1. The quantitative estimate of drug-likeness (QED) is 0.785. The molecular weight excluding hydrogens is 311 g/mol. The third kappa shape index (κ3) is 4.55. The first-order chi connectivity index (χ1) is 11.5. The maximum Gasteiger partial charge on any atom is 0.312 e. The van der Waals surface area contributed by atoms with Gasteiger partial charge in [-0.1, -0.05) is 24.3 Å². The molecule has 0 heterocycles. The standard InChI is InChI=1S/C17H15FN4O2/c18-14-7-2-1-6-13(14)15(22-17(20)24)9-16(23)21-12-5-3-4-11(8-12)10-19/h1-8,15H,9H2,(H,21,23)(H3,20,22,24)/t15-/m1/s1. The van der Waals surface area contributed by atoms with Crippen LogP contribution in [-0.2, 0) is 4.79 Å². The average Bonchev–Trinajstić information content (AvgIpc) is 2.54. The van der Waals surface area contributed by atoms with Crippen molar-refractivity contribution in [3.63, 3.8) is 0 Å². The van der Waals surface area contributed by atoms with Crippen LogP contribution in [0.2, 0.25) is 0 Å². The third-order valence-electron chi connectivity index (χ3n) is 3.26. The molecule has 2 aromatic carbocycles. The van der Waals surface area contributed by atoms with E-state index >= 15 is 0 Å². The number of nitrogens with zero attached hydrogens (tertiary/aromatic N) is 1. The number of rotatable bonds is 5. The molecule has 0 saturated heterocycles. The second-order valence-corrected chi connectivity index (χ2v) is 5.03. The molecule has 0 unspecified atom stereocenters. The summed E-state index contributed by atoms with van der Waals surface area (Å²) in [6.07, 6.45) is -0.208.